The van der Waals surface area contributed by atoms with Crippen LogP contribution in [0.5, 0.6) is 5.75 Å². The van der Waals surface area contributed by atoms with Gasteiger partial charge in [-0.2, -0.15) is 13.2 Å². The van der Waals surface area contributed by atoms with E-state index in [2.05, 4.69) is 5.32 Å². The van der Waals surface area contributed by atoms with E-state index in [1.807, 2.05) is 18.2 Å². The smallest absolute Gasteiger partial charge is 0.390 e. The minimum Gasteiger partial charge on any atom is -0.493 e. The molecule has 94 valence electrons. The zero-order chi connectivity index (χ0) is 12.3. The summed E-state index contributed by atoms with van der Waals surface area (Å²) in [6.07, 6.45) is -3.99. The van der Waals surface area contributed by atoms with E-state index >= 15 is 0 Å². The number of hydrogen-bond acceptors (Lipinski definition) is 2. The van der Waals surface area contributed by atoms with Crippen molar-refractivity contribution in [1.82, 2.24) is 5.32 Å². The number of halogens is 3. The van der Waals surface area contributed by atoms with E-state index in [4.69, 9.17) is 4.74 Å². The van der Waals surface area contributed by atoms with Crippen LogP contribution in [0, 0.1) is 0 Å². The second-order valence-corrected chi connectivity index (χ2v) is 4.08. The van der Waals surface area contributed by atoms with Crippen LogP contribution in [0.3, 0.4) is 0 Å². The topological polar surface area (TPSA) is 21.3 Å². The highest BCUT2D eigenvalue weighted by Crippen LogP contribution is 2.25. The van der Waals surface area contributed by atoms with Crippen LogP contribution < -0.4 is 10.1 Å². The van der Waals surface area contributed by atoms with Crippen molar-refractivity contribution in [3.05, 3.63) is 29.3 Å². The molecule has 5 heteroatoms. The van der Waals surface area contributed by atoms with E-state index in [9.17, 15) is 13.2 Å². The molecule has 1 aromatic rings. The zero-order valence-electron chi connectivity index (χ0n) is 9.31. The van der Waals surface area contributed by atoms with E-state index in [-0.39, 0.29) is 6.54 Å². The van der Waals surface area contributed by atoms with Crippen LogP contribution >= 0.6 is 0 Å². The van der Waals surface area contributed by atoms with Crippen LogP contribution in [0.1, 0.15) is 17.5 Å². The van der Waals surface area contributed by atoms with Gasteiger partial charge in [-0.3, -0.25) is 0 Å². The minimum atomic E-state index is -4.08. The van der Waals surface area contributed by atoms with Gasteiger partial charge in [-0.25, -0.2) is 0 Å². The first-order chi connectivity index (χ1) is 8.04. The number of benzene rings is 1. The average Bonchev–Trinajstić information content (AvgIpc) is 2.70. The van der Waals surface area contributed by atoms with Gasteiger partial charge in [0.1, 0.15) is 5.75 Å². The summed E-state index contributed by atoms with van der Waals surface area (Å²) in [5, 5.41) is 2.79. The van der Waals surface area contributed by atoms with Gasteiger partial charge in [0.05, 0.1) is 13.0 Å². The lowest BCUT2D eigenvalue weighted by Gasteiger charge is -2.08. The summed E-state index contributed by atoms with van der Waals surface area (Å²) in [6, 6.07) is 5.75. The van der Waals surface area contributed by atoms with Crippen molar-refractivity contribution < 1.29 is 17.9 Å². The van der Waals surface area contributed by atoms with Gasteiger partial charge in [-0.15, -0.1) is 0 Å². The Bertz CT molecular complexity index is 390. The summed E-state index contributed by atoms with van der Waals surface area (Å²) in [4.78, 5) is 0. The standard InChI is InChI=1S/C12H14F3NO/c13-12(14,15)4-5-16-8-9-1-2-11-10(7-9)3-6-17-11/h1-2,7,16H,3-6,8H2. The molecule has 0 amide bonds. The number of hydrogen-bond donors (Lipinski definition) is 1. The molecule has 0 aromatic heterocycles. The molecular formula is C12H14F3NO. The molecule has 2 rings (SSSR count). The Balaban J connectivity index is 1.80. The summed E-state index contributed by atoms with van der Waals surface area (Å²) < 4.78 is 41.1. The van der Waals surface area contributed by atoms with Crippen molar-refractivity contribution >= 4 is 0 Å². The second kappa shape index (κ2) is 4.96. The SMILES string of the molecule is FC(F)(F)CCNCc1ccc2c(c1)CCO2. The van der Waals surface area contributed by atoms with Crippen molar-refractivity contribution in [1.29, 1.82) is 0 Å². The number of fused-ring (bicyclic) bond motifs is 1. The van der Waals surface area contributed by atoms with Gasteiger partial charge in [0.25, 0.3) is 0 Å². The van der Waals surface area contributed by atoms with Crippen LogP contribution in [0.4, 0.5) is 13.2 Å². The predicted octanol–water partition coefficient (Wildman–Crippen LogP) is 2.66. The van der Waals surface area contributed by atoms with E-state index < -0.39 is 12.6 Å². The molecule has 0 spiro atoms. The van der Waals surface area contributed by atoms with E-state index in [0.29, 0.717) is 13.2 Å². The van der Waals surface area contributed by atoms with E-state index in [1.165, 1.54) is 0 Å². The van der Waals surface area contributed by atoms with Crippen molar-refractivity contribution in [3.8, 4) is 5.75 Å². The van der Waals surface area contributed by atoms with Crippen molar-refractivity contribution in [2.75, 3.05) is 13.2 Å². The Morgan fingerprint density at radius 2 is 2.12 bits per heavy atom. The lowest BCUT2D eigenvalue weighted by molar-refractivity contribution is -0.133. The number of nitrogens with one attached hydrogen (secondary N) is 1. The molecule has 0 aliphatic carbocycles. The van der Waals surface area contributed by atoms with Gasteiger partial charge < -0.3 is 10.1 Å². The molecule has 0 radical (unpaired) electrons. The highest BCUT2D eigenvalue weighted by Gasteiger charge is 2.25. The Morgan fingerprint density at radius 3 is 2.88 bits per heavy atom. The fourth-order valence-electron chi connectivity index (χ4n) is 1.81. The highest BCUT2D eigenvalue weighted by atomic mass is 19.4. The molecule has 1 aliphatic heterocycles. The molecule has 1 aliphatic rings. The molecule has 1 aromatic carbocycles. The summed E-state index contributed by atoms with van der Waals surface area (Å²) in [5.41, 5.74) is 2.14. The van der Waals surface area contributed by atoms with E-state index in [0.717, 1.165) is 23.3 Å². The summed E-state index contributed by atoms with van der Waals surface area (Å²) in [5.74, 6) is 0.893. The molecule has 1 N–H and O–H groups in total. The zero-order valence-corrected chi connectivity index (χ0v) is 9.31. The molecule has 17 heavy (non-hydrogen) atoms. The molecular weight excluding hydrogens is 231 g/mol. The van der Waals surface area contributed by atoms with Crippen molar-refractivity contribution in [2.24, 2.45) is 0 Å². The largest absolute Gasteiger partial charge is 0.493 e. The lowest BCUT2D eigenvalue weighted by atomic mass is 10.1. The quantitative estimate of drug-likeness (QED) is 0.823. The fraction of sp³-hybridized carbons (Fsp3) is 0.500. The predicted molar refractivity (Wildman–Crippen MR) is 58.0 cm³/mol. The van der Waals surface area contributed by atoms with Gasteiger partial charge in [-0.05, 0) is 17.2 Å². The molecule has 0 fully saturated rings. The fourth-order valence-corrected chi connectivity index (χ4v) is 1.81. The van der Waals surface area contributed by atoms with Crippen LogP contribution in [0.2, 0.25) is 0 Å². The maximum atomic E-state index is 11.9. The first kappa shape index (κ1) is 12.2. The molecule has 0 unspecified atom stereocenters. The molecule has 0 bridgehead atoms. The summed E-state index contributed by atoms with van der Waals surface area (Å²) in [7, 11) is 0. The molecule has 0 atom stereocenters. The minimum absolute atomic E-state index is 0.0446. The van der Waals surface area contributed by atoms with Gasteiger partial charge in [-0.1, -0.05) is 12.1 Å². The second-order valence-electron chi connectivity index (χ2n) is 4.08. The van der Waals surface area contributed by atoms with Crippen LogP contribution in [-0.4, -0.2) is 19.3 Å². The number of alkyl halides is 3. The maximum Gasteiger partial charge on any atom is 0.390 e. The molecule has 0 saturated heterocycles. The Kier molecular flexibility index (Phi) is 3.57. The number of ether oxygens (including phenoxy) is 1. The average molecular weight is 245 g/mol. The number of rotatable bonds is 4. The molecule has 0 saturated carbocycles. The van der Waals surface area contributed by atoms with Gasteiger partial charge in [0, 0.05) is 19.5 Å². The first-order valence-corrected chi connectivity index (χ1v) is 5.57. The Morgan fingerprint density at radius 1 is 1.29 bits per heavy atom. The van der Waals surface area contributed by atoms with Gasteiger partial charge in [0.2, 0.25) is 0 Å². The summed E-state index contributed by atoms with van der Waals surface area (Å²) >= 11 is 0. The van der Waals surface area contributed by atoms with Crippen molar-refractivity contribution in [2.45, 2.75) is 25.6 Å². The van der Waals surface area contributed by atoms with Crippen LogP contribution in [-0.2, 0) is 13.0 Å². The van der Waals surface area contributed by atoms with Crippen LogP contribution in [0.15, 0.2) is 18.2 Å². The Labute approximate surface area is 97.8 Å². The van der Waals surface area contributed by atoms with Crippen molar-refractivity contribution in [3.63, 3.8) is 0 Å². The molecule has 2 nitrogen and oxygen atoms in total. The summed E-state index contributed by atoms with van der Waals surface area (Å²) in [6.45, 7) is 1.11. The third-order valence-electron chi connectivity index (χ3n) is 2.67. The van der Waals surface area contributed by atoms with Crippen LogP contribution in [0.25, 0.3) is 0 Å². The normalized spacial score (nSPS) is 14.5. The maximum absolute atomic E-state index is 11.9. The van der Waals surface area contributed by atoms with Gasteiger partial charge >= 0.3 is 6.18 Å². The lowest BCUT2D eigenvalue weighted by Crippen LogP contribution is -2.21. The Hall–Kier alpha value is -1.23. The monoisotopic (exact) mass is 245 g/mol. The first-order valence-electron chi connectivity index (χ1n) is 5.57. The highest BCUT2D eigenvalue weighted by molar-refractivity contribution is 5.39. The molecule has 1 heterocycles. The van der Waals surface area contributed by atoms with E-state index in [1.54, 1.807) is 0 Å². The third-order valence-corrected chi connectivity index (χ3v) is 2.67. The van der Waals surface area contributed by atoms with Gasteiger partial charge in [0.15, 0.2) is 0 Å². The third kappa shape index (κ3) is 3.63.